The first-order valence-corrected chi connectivity index (χ1v) is 9.19. The standard InChI is InChI=1S/C21H33N/c1-4-5-6-7-9-19-10-8-11-21(16-19)20-12-14-22(15-13-20)17-18(2)3/h8,10-12,16,18H,4-7,9,13-15,17H2,1-3H3. The number of hydrogen-bond acceptors (Lipinski definition) is 1. The predicted octanol–water partition coefficient (Wildman–Crippen LogP) is 5.55. The maximum Gasteiger partial charge on any atom is 0.0169 e. The van der Waals surface area contributed by atoms with Gasteiger partial charge in [-0.3, -0.25) is 4.90 Å². The van der Waals surface area contributed by atoms with Crippen LogP contribution < -0.4 is 0 Å². The van der Waals surface area contributed by atoms with Gasteiger partial charge in [-0.25, -0.2) is 0 Å². The molecular weight excluding hydrogens is 266 g/mol. The Morgan fingerprint density at radius 1 is 1.14 bits per heavy atom. The summed E-state index contributed by atoms with van der Waals surface area (Å²) in [7, 11) is 0. The van der Waals surface area contributed by atoms with Gasteiger partial charge in [-0.15, -0.1) is 0 Å². The molecule has 0 saturated heterocycles. The van der Waals surface area contributed by atoms with E-state index >= 15 is 0 Å². The van der Waals surface area contributed by atoms with Gasteiger partial charge in [0.2, 0.25) is 0 Å². The summed E-state index contributed by atoms with van der Waals surface area (Å²) in [5, 5.41) is 0. The Morgan fingerprint density at radius 3 is 2.68 bits per heavy atom. The lowest BCUT2D eigenvalue weighted by Crippen LogP contribution is -2.31. The van der Waals surface area contributed by atoms with Gasteiger partial charge in [0.1, 0.15) is 0 Å². The first-order valence-electron chi connectivity index (χ1n) is 9.19. The van der Waals surface area contributed by atoms with E-state index in [-0.39, 0.29) is 0 Å². The van der Waals surface area contributed by atoms with Crippen LogP contribution in [0, 0.1) is 5.92 Å². The summed E-state index contributed by atoms with van der Waals surface area (Å²) in [4.78, 5) is 2.57. The van der Waals surface area contributed by atoms with E-state index < -0.39 is 0 Å². The maximum atomic E-state index is 2.57. The fourth-order valence-corrected chi connectivity index (χ4v) is 3.34. The van der Waals surface area contributed by atoms with E-state index in [0.717, 1.165) is 12.5 Å². The number of nitrogens with zero attached hydrogens (tertiary/aromatic N) is 1. The summed E-state index contributed by atoms with van der Waals surface area (Å²) in [6.45, 7) is 10.4. The molecule has 0 aliphatic carbocycles. The lowest BCUT2D eigenvalue weighted by molar-refractivity contribution is 0.268. The van der Waals surface area contributed by atoms with Gasteiger partial charge in [-0.2, -0.15) is 0 Å². The summed E-state index contributed by atoms with van der Waals surface area (Å²) in [5.41, 5.74) is 4.52. The van der Waals surface area contributed by atoms with E-state index in [9.17, 15) is 0 Å². The van der Waals surface area contributed by atoms with Crippen LogP contribution >= 0.6 is 0 Å². The Labute approximate surface area is 137 Å². The van der Waals surface area contributed by atoms with Gasteiger partial charge in [0.15, 0.2) is 0 Å². The lowest BCUT2D eigenvalue weighted by atomic mass is 9.96. The van der Waals surface area contributed by atoms with Crippen molar-refractivity contribution in [2.24, 2.45) is 5.92 Å². The number of unbranched alkanes of at least 4 members (excludes halogenated alkanes) is 3. The van der Waals surface area contributed by atoms with Gasteiger partial charge in [0.25, 0.3) is 0 Å². The van der Waals surface area contributed by atoms with Gasteiger partial charge in [0.05, 0.1) is 0 Å². The van der Waals surface area contributed by atoms with E-state index in [4.69, 9.17) is 0 Å². The molecule has 2 rings (SSSR count). The third-order valence-electron chi connectivity index (χ3n) is 4.53. The van der Waals surface area contributed by atoms with Crippen LogP contribution in [0.25, 0.3) is 5.57 Å². The van der Waals surface area contributed by atoms with Gasteiger partial charge in [-0.1, -0.05) is 70.4 Å². The summed E-state index contributed by atoms with van der Waals surface area (Å²) in [6, 6.07) is 9.26. The number of hydrogen-bond donors (Lipinski definition) is 0. The van der Waals surface area contributed by atoms with Crippen LogP contribution in [0.2, 0.25) is 0 Å². The molecule has 1 aromatic carbocycles. The molecule has 1 heterocycles. The molecule has 0 saturated carbocycles. The third-order valence-corrected chi connectivity index (χ3v) is 4.53. The molecular formula is C21H33N. The smallest absolute Gasteiger partial charge is 0.0169 e. The van der Waals surface area contributed by atoms with Gasteiger partial charge >= 0.3 is 0 Å². The third kappa shape index (κ3) is 5.61. The Morgan fingerprint density at radius 2 is 2.00 bits per heavy atom. The summed E-state index contributed by atoms with van der Waals surface area (Å²) in [5.74, 6) is 0.765. The SMILES string of the molecule is CCCCCCc1cccc(C2=CCN(CC(C)C)CC2)c1. The Balaban J connectivity index is 1.91. The van der Waals surface area contributed by atoms with Crippen molar-refractivity contribution in [2.45, 2.75) is 59.3 Å². The van der Waals surface area contributed by atoms with E-state index in [1.165, 1.54) is 62.7 Å². The molecule has 0 radical (unpaired) electrons. The highest BCUT2D eigenvalue weighted by Crippen LogP contribution is 2.24. The van der Waals surface area contributed by atoms with Crippen molar-refractivity contribution in [3.05, 3.63) is 41.5 Å². The number of aryl methyl sites for hydroxylation is 1. The first kappa shape index (κ1) is 17.3. The second-order valence-corrected chi connectivity index (χ2v) is 7.14. The monoisotopic (exact) mass is 299 g/mol. The molecule has 22 heavy (non-hydrogen) atoms. The topological polar surface area (TPSA) is 3.24 Å². The molecule has 1 heteroatoms. The van der Waals surface area contributed by atoms with Crippen LogP contribution in [0.5, 0.6) is 0 Å². The molecule has 0 bridgehead atoms. The number of benzene rings is 1. The van der Waals surface area contributed by atoms with Crippen LogP contribution in [-0.2, 0) is 6.42 Å². The molecule has 1 nitrogen and oxygen atoms in total. The Hall–Kier alpha value is -1.08. The molecule has 0 atom stereocenters. The zero-order chi connectivity index (χ0) is 15.8. The second kappa shape index (κ2) is 9.15. The highest BCUT2D eigenvalue weighted by molar-refractivity contribution is 5.67. The van der Waals surface area contributed by atoms with Crippen molar-refractivity contribution < 1.29 is 0 Å². The van der Waals surface area contributed by atoms with Crippen LogP contribution in [0.1, 0.15) is 64.0 Å². The lowest BCUT2D eigenvalue weighted by Gasteiger charge is -2.28. The molecule has 1 aliphatic heterocycles. The van der Waals surface area contributed by atoms with E-state index in [1.54, 1.807) is 5.57 Å². The van der Waals surface area contributed by atoms with Crippen LogP contribution in [0.4, 0.5) is 0 Å². The fraction of sp³-hybridized carbons (Fsp3) is 0.619. The zero-order valence-corrected chi connectivity index (χ0v) is 14.8. The maximum absolute atomic E-state index is 2.57. The molecule has 1 aromatic rings. The normalized spacial score (nSPS) is 16.1. The Bertz CT molecular complexity index is 473. The minimum atomic E-state index is 0.765. The van der Waals surface area contributed by atoms with E-state index in [2.05, 4.69) is 56.0 Å². The van der Waals surface area contributed by atoms with Crippen LogP contribution in [-0.4, -0.2) is 24.5 Å². The van der Waals surface area contributed by atoms with Crippen molar-refractivity contribution in [1.29, 1.82) is 0 Å². The molecule has 0 N–H and O–H groups in total. The Kier molecular flexibility index (Phi) is 7.18. The molecule has 0 unspecified atom stereocenters. The minimum absolute atomic E-state index is 0.765. The molecule has 122 valence electrons. The average molecular weight is 300 g/mol. The molecule has 0 amide bonds. The summed E-state index contributed by atoms with van der Waals surface area (Å²) >= 11 is 0. The number of rotatable bonds is 8. The van der Waals surface area contributed by atoms with Crippen LogP contribution in [0.15, 0.2) is 30.3 Å². The molecule has 1 aliphatic rings. The highest BCUT2D eigenvalue weighted by atomic mass is 15.1. The second-order valence-electron chi connectivity index (χ2n) is 7.14. The van der Waals surface area contributed by atoms with Crippen molar-refractivity contribution in [3.8, 4) is 0 Å². The zero-order valence-electron chi connectivity index (χ0n) is 14.8. The van der Waals surface area contributed by atoms with Gasteiger partial charge < -0.3 is 0 Å². The summed E-state index contributed by atoms with van der Waals surface area (Å²) < 4.78 is 0. The fourth-order valence-electron chi connectivity index (χ4n) is 3.34. The molecule has 0 fully saturated rings. The van der Waals surface area contributed by atoms with E-state index in [1.807, 2.05) is 0 Å². The highest BCUT2D eigenvalue weighted by Gasteiger charge is 2.13. The summed E-state index contributed by atoms with van der Waals surface area (Å²) in [6.07, 6.45) is 10.3. The quantitative estimate of drug-likeness (QED) is 0.568. The minimum Gasteiger partial charge on any atom is -0.299 e. The largest absolute Gasteiger partial charge is 0.299 e. The van der Waals surface area contributed by atoms with Crippen molar-refractivity contribution in [1.82, 2.24) is 4.90 Å². The molecule has 0 aromatic heterocycles. The first-order chi connectivity index (χ1) is 10.7. The van der Waals surface area contributed by atoms with E-state index in [0.29, 0.717) is 0 Å². The van der Waals surface area contributed by atoms with Crippen molar-refractivity contribution >= 4 is 5.57 Å². The van der Waals surface area contributed by atoms with Crippen molar-refractivity contribution in [3.63, 3.8) is 0 Å². The molecule has 0 spiro atoms. The van der Waals surface area contributed by atoms with Gasteiger partial charge in [0, 0.05) is 19.6 Å². The van der Waals surface area contributed by atoms with Gasteiger partial charge in [-0.05, 0) is 41.9 Å². The average Bonchev–Trinajstić information content (AvgIpc) is 2.52. The van der Waals surface area contributed by atoms with Crippen LogP contribution in [0.3, 0.4) is 0 Å². The van der Waals surface area contributed by atoms with Crippen molar-refractivity contribution in [2.75, 3.05) is 19.6 Å². The predicted molar refractivity (Wildman–Crippen MR) is 98.2 cm³/mol.